The lowest BCUT2D eigenvalue weighted by molar-refractivity contribution is -0.688. The highest BCUT2D eigenvalue weighted by Crippen LogP contribution is 2.54. The molecule has 332 valence electrons. The molecule has 1 aromatic carbocycles. The van der Waals surface area contributed by atoms with Gasteiger partial charge in [0.25, 0.3) is 0 Å². The lowest BCUT2D eigenvalue weighted by atomic mass is 10.1. The maximum atomic E-state index is 14.3. The number of benzene rings is 1. The van der Waals surface area contributed by atoms with Crippen molar-refractivity contribution in [1.29, 1.82) is 0 Å². The number of allylic oxidation sites excluding steroid dienone is 4. The van der Waals surface area contributed by atoms with Crippen LogP contribution in [0.2, 0.25) is 0 Å². The van der Waals surface area contributed by atoms with Crippen molar-refractivity contribution in [3.8, 4) is 5.75 Å². The Labute approximate surface area is 361 Å². The van der Waals surface area contributed by atoms with E-state index < -0.39 is 8.17 Å². The van der Waals surface area contributed by atoms with Gasteiger partial charge in [-0.3, -0.25) is 14.5 Å². The largest absolute Gasteiger partial charge is 0.598 e. The van der Waals surface area contributed by atoms with Crippen LogP contribution in [0.5, 0.6) is 5.75 Å². The van der Waals surface area contributed by atoms with Crippen LogP contribution in [-0.4, -0.2) is 23.2 Å². The van der Waals surface area contributed by atoms with E-state index in [1.807, 2.05) is 49.6 Å². The fourth-order valence-corrected chi connectivity index (χ4v) is 8.74. The van der Waals surface area contributed by atoms with E-state index in [0.29, 0.717) is 32.1 Å². The highest BCUT2D eigenvalue weighted by molar-refractivity contribution is 7.54. The number of rotatable bonds is 40. The number of aromatic amines is 2. The molecule has 0 saturated heterocycles. The lowest BCUT2D eigenvalue weighted by Crippen LogP contribution is -2.32. The van der Waals surface area contributed by atoms with Crippen molar-refractivity contribution in [2.24, 2.45) is 0 Å². The van der Waals surface area contributed by atoms with Crippen molar-refractivity contribution in [1.82, 2.24) is 9.97 Å². The first-order valence-corrected chi connectivity index (χ1v) is 25.6. The number of imidazole rings is 2. The first kappa shape index (κ1) is 50.6. The maximum absolute atomic E-state index is 14.3. The number of phosphoric ester groups is 1. The third-order valence-corrected chi connectivity index (χ3v) is 12.4. The van der Waals surface area contributed by atoms with Crippen molar-refractivity contribution in [3.63, 3.8) is 0 Å². The molecule has 2 N–H and O–H groups in total. The van der Waals surface area contributed by atoms with Gasteiger partial charge in [-0.2, -0.15) is 9.05 Å². The second-order valence-corrected chi connectivity index (χ2v) is 18.2. The van der Waals surface area contributed by atoms with Gasteiger partial charge >= 0.3 is 8.17 Å². The Bertz CT molecular complexity index is 1330. The predicted octanol–water partition coefficient (Wildman–Crippen LogP) is 13.5. The molecule has 0 aliphatic carbocycles. The van der Waals surface area contributed by atoms with Crippen LogP contribution in [0, 0.1) is 0 Å². The molecule has 59 heavy (non-hydrogen) atoms. The van der Waals surface area contributed by atoms with E-state index in [1.165, 1.54) is 141 Å². The van der Waals surface area contributed by atoms with Crippen molar-refractivity contribution < 1.29 is 27.6 Å². The zero-order chi connectivity index (χ0) is 41.7. The van der Waals surface area contributed by atoms with Crippen molar-refractivity contribution in [3.05, 3.63) is 91.1 Å². The quantitative estimate of drug-likeness (QED) is 0.0258. The normalized spacial score (nSPS) is 12.1. The number of H-pyrrole nitrogens is 2. The topological polar surface area (TPSA) is 90.1 Å². The number of aromatic nitrogens is 4. The number of nitrogens with one attached hydrogen (secondary N) is 2. The summed E-state index contributed by atoms with van der Waals surface area (Å²) in [4.78, 5) is 20.5. The smallest absolute Gasteiger partial charge is 0.429 e. The van der Waals surface area contributed by atoms with Gasteiger partial charge in [0.15, 0.2) is 5.75 Å². The van der Waals surface area contributed by atoms with Gasteiger partial charge in [-0.05, 0) is 93.5 Å². The van der Waals surface area contributed by atoms with Gasteiger partial charge in [0, 0.05) is 0 Å². The van der Waals surface area contributed by atoms with E-state index in [2.05, 4.69) is 63.3 Å². The van der Waals surface area contributed by atoms with Gasteiger partial charge in [-0.25, -0.2) is 9.13 Å². The molecule has 0 aliphatic heterocycles. The number of nitrogens with zero attached hydrogens (tertiary/aromatic N) is 2. The zero-order valence-corrected chi connectivity index (χ0v) is 38.5. The minimum absolute atomic E-state index is 0.358. The van der Waals surface area contributed by atoms with Gasteiger partial charge < -0.3 is 4.89 Å². The zero-order valence-electron chi connectivity index (χ0n) is 37.6. The molecule has 0 fully saturated rings. The maximum Gasteiger partial charge on any atom is 0.429 e. The SMILES string of the molecule is CCCCCCCC/C=C\CCCCCCCCO[P+]([O-])(OCCCCCCCC/C=C\CCCCCCCC)Oc1cc(C[n+]2cc[nH]c2)cc(C[n+]2cc[nH]c2)c1. The third-order valence-electron chi connectivity index (χ3n) is 11.0. The van der Waals surface area contributed by atoms with Crippen LogP contribution in [0.25, 0.3) is 0 Å². The van der Waals surface area contributed by atoms with E-state index in [-0.39, 0.29) is 0 Å². The van der Waals surface area contributed by atoms with Crippen LogP contribution in [0.15, 0.2) is 79.9 Å². The van der Waals surface area contributed by atoms with Crippen LogP contribution < -0.4 is 18.6 Å². The number of hydrogen-bond donors (Lipinski definition) is 2. The molecule has 0 aliphatic rings. The average Bonchev–Trinajstić information content (AvgIpc) is 3.95. The van der Waals surface area contributed by atoms with E-state index in [9.17, 15) is 4.89 Å². The van der Waals surface area contributed by atoms with E-state index in [1.54, 1.807) is 0 Å². The number of phosphoric acid groups is 1. The lowest BCUT2D eigenvalue weighted by Gasteiger charge is -2.25. The summed E-state index contributed by atoms with van der Waals surface area (Å²) in [5.41, 5.74) is 2.10. The summed E-state index contributed by atoms with van der Waals surface area (Å²) in [5.74, 6) is 0.509. The van der Waals surface area contributed by atoms with Crippen molar-refractivity contribution in [2.75, 3.05) is 13.2 Å². The summed E-state index contributed by atoms with van der Waals surface area (Å²) in [6.45, 7) is 6.58. The molecule has 2 aromatic heterocycles. The van der Waals surface area contributed by atoms with E-state index >= 15 is 0 Å². The minimum atomic E-state index is -3.84. The van der Waals surface area contributed by atoms with Gasteiger partial charge in [0.1, 0.15) is 37.9 Å². The first-order chi connectivity index (χ1) is 29.1. The number of unbranched alkanes of at least 4 members (excludes halogenated alkanes) is 24. The molecule has 0 bridgehead atoms. The van der Waals surface area contributed by atoms with Crippen molar-refractivity contribution >= 4 is 8.17 Å². The van der Waals surface area contributed by atoms with Crippen LogP contribution in [0.3, 0.4) is 0 Å². The Morgan fingerprint density at radius 1 is 0.492 bits per heavy atom. The summed E-state index contributed by atoms with van der Waals surface area (Å²) in [7, 11) is -3.84. The second-order valence-electron chi connectivity index (χ2n) is 16.6. The summed E-state index contributed by atoms with van der Waals surface area (Å²) < 4.78 is 22.5. The molecule has 0 amide bonds. The first-order valence-electron chi connectivity index (χ1n) is 24.2. The fraction of sp³-hybridized carbons (Fsp3) is 0.680. The third kappa shape index (κ3) is 26.9. The van der Waals surface area contributed by atoms with Gasteiger partial charge in [0.05, 0.1) is 13.2 Å². The summed E-state index contributed by atoms with van der Waals surface area (Å²) >= 11 is 0. The van der Waals surface area contributed by atoms with Crippen LogP contribution in [0.1, 0.15) is 205 Å². The Hall–Kier alpha value is -2.77. The highest BCUT2D eigenvalue weighted by atomic mass is 31.2. The van der Waals surface area contributed by atoms with Crippen LogP contribution in [0.4, 0.5) is 0 Å². The van der Waals surface area contributed by atoms with E-state index in [4.69, 9.17) is 13.6 Å². The fourth-order valence-electron chi connectivity index (χ4n) is 7.49. The Kier molecular flexibility index (Phi) is 29.9. The summed E-state index contributed by atoms with van der Waals surface area (Å²) in [6.07, 6.45) is 55.9. The van der Waals surface area contributed by atoms with Crippen molar-refractivity contribution in [2.45, 2.75) is 207 Å². The monoisotopic (exact) mass is 837 g/mol. The summed E-state index contributed by atoms with van der Waals surface area (Å²) in [6, 6.07) is 6.08. The van der Waals surface area contributed by atoms with Crippen LogP contribution >= 0.6 is 8.17 Å². The molecule has 8 nitrogen and oxygen atoms in total. The predicted molar refractivity (Wildman–Crippen MR) is 245 cm³/mol. The van der Waals surface area contributed by atoms with Gasteiger partial charge in [-0.15, -0.1) is 0 Å². The highest BCUT2D eigenvalue weighted by Gasteiger charge is 2.35. The van der Waals surface area contributed by atoms with Crippen LogP contribution in [-0.2, 0) is 22.1 Å². The molecule has 3 aromatic rings. The molecule has 0 spiro atoms. The van der Waals surface area contributed by atoms with E-state index in [0.717, 1.165) is 49.7 Å². The molecule has 0 atom stereocenters. The number of hydrogen-bond acceptors (Lipinski definition) is 4. The van der Waals surface area contributed by atoms with Gasteiger partial charge in [-0.1, -0.05) is 154 Å². The van der Waals surface area contributed by atoms with Gasteiger partial charge in [0.2, 0.25) is 12.7 Å². The average molecular weight is 837 g/mol. The standard InChI is InChI=1S/C50H83N4O4P/c1-3-5-7-9-11-13-15-17-19-21-23-25-27-29-31-33-39-56-59(55,57-40-34-32-30-28-26-24-22-20-18-16-14-12-10-8-6-4-2)58-50-42-48(44-53-37-35-51-46-53)41-49(43-50)45-54-38-36-52-47-54/h17-20,35-38,41-43,46-47H,3-16,21-34,39-40,44-45H2,1-2H3/p+2/b19-17-,20-18-. The molecule has 9 heteroatoms. The molecule has 0 unspecified atom stereocenters. The minimum Gasteiger partial charge on any atom is -0.598 e. The molecule has 0 radical (unpaired) electrons. The Balaban J connectivity index is 1.41. The Morgan fingerprint density at radius 2 is 0.847 bits per heavy atom. The second kappa shape index (κ2) is 34.9. The molecular formula is C50H85N4O4P+2. The summed E-state index contributed by atoms with van der Waals surface area (Å²) in [5, 5.41) is 0. The molecule has 0 saturated carbocycles. The molecule has 2 heterocycles. The molecular weight excluding hydrogens is 752 g/mol. The molecule has 3 rings (SSSR count). The Morgan fingerprint density at radius 3 is 1.20 bits per heavy atom.